The van der Waals surface area contributed by atoms with Crippen LogP contribution in [0.4, 0.5) is 5.82 Å². The van der Waals surface area contributed by atoms with Crippen molar-refractivity contribution in [1.29, 1.82) is 0 Å². The van der Waals surface area contributed by atoms with Gasteiger partial charge >= 0.3 is 0 Å². The summed E-state index contributed by atoms with van der Waals surface area (Å²) in [5, 5.41) is 20.7. The quantitative estimate of drug-likeness (QED) is 0.263. The minimum Gasteiger partial charge on any atom is -0.507 e. The molecule has 8 nitrogen and oxygen atoms in total. The Morgan fingerprint density at radius 1 is 1.21 bits per heavy atom. The molecule has 9 heteroatoms. The highest BCUT2D eigenvalue weighted by molar-refractivity contribution is 14.1. The number of fused-ring (bicyclic) bond motifs is 1. The van der Waals surface area contributed by atoms with E-state index in [-0.39, 0.29) is 11.7 Å². The number of halogens is 1. The predicted molar refractivity (Wildman–Crippen MR) is 117 cm³/mol. The predicted octanol–water partition coefficient (Wildman–Crippen LogP) is 3.53. The van der Waals surface area contributed by atoms with E-state index in [9.17, 15) is 9.90 Å². The Morgan fingerprint density at radius 2 is 2.07 bits per heavy atom. The van der Waals surface area contributed by atoms with Gasteiger partial charge in [0.15, 0.2) is 11.4 Å². The van der Waals surface area contributed by atoms with Crippen LogP contribution < -0.4 is 10.6 Å². The van der Waals surface area contributed by atoms with E-state index in [0.717, 1.165) is 9.39 Å². The third kappa shape index (κ3) is 4.19. The number of aromatic nitrogens is 3. The van der Waals surface area contributed by atoms with Crippen LogP contribution >= 0.6 is 22.6 Å². The number of anilines is 1. The fourth-order valence-corrected chi connectivity index (χ4v) is 3.37. The smallest absolute Gasteiger partial charge is 0.286 e. The fourth-order valence-electron chi connectivity index (χ4n) is 2.89. The van der Waals surface area contributed by atoms with Gasteiger partial charge in [-0.1, -0.05) is 12.1 Å². The van der Waals surface area contributed by atoms with Crippen molar-refractivity contribution in [3.63, 3.8) is 0 Å². The lowest BCUT2D eigenvalue weighted by atomic mass is 10.1. The molecular formula is C20H18IN5O3. The average Bonchev–Trinajstić information content (AvgIpc) is 3.38. The number of carbonyl (C=O) groups excluding carboxylic acids is 1. The number of amides is 1. The van der Waals surface area contributed by atoms with Crippen molar-refractivity contribution >= 4 is 40.0 Å². The van der Waals surface area contributed by atoms with Crippen molar-refractivity contribution in [2.24, 2.45) is 0 Å². The second kappa shape index (κ2) is 8.52. The van der Waals surface area contributed by atoms with Gasteiger partial charge in [-0.05, 0) is 53.3 Å². The van der Waals surface area contributed by atoms with Gasteiger partial charge in [0.25, 0.3) is 5.91 Å². The minimum atomic E-state index is -0.232. The maximum atomic E-state index is 11.9. The first-order valence-electron chi connectivity index (χ1n) is 9.01. The highest BCUT2D eigenvalue weighted by atomic mass is 127. The van der Waals surface area contributed by atoms with Crippen LogP contribution in [-0.4, -0.2) is 38.7 Å². The van der Waals surface area contributed by atoms with E-state index < -0.39 is 0 Å². The molecule has 1 amide bonds. The molecule has 0 aliphatic rings. The molecule has 29 heavy (non-hydrogen) atoms. The van der Waals surface area contributed by atoms with E-state index in [0.29, 0.717) is 42.2 Å². The van der Waals surface area contributed by atoms with Crippen LogP contribution in [0.2, 0.25) is 0 Å². The number of phenols is 1. The van der Waals surface area contributed by atoms with Crippen molar-refractivity contribution in [3.8, 4) is 17.0 Å². The van der Waals surface area contributed by atoms with Crippen LogP contribution in [0, 0.1) is 3.57 Å². The van der Waals surface area contributed by atoms with Gasteiger partial charge in [-0.25, -0.2) is 4.98 Å². The van der Waals surface area contributed by atoms with E-state index in [1.54, 1.807) is 35.0 Å². The fraction of sp³-hybridized carbons (Fsp3) is 0.150. The molecule has 4 rings (SSSR count). The molecule has 0 unspecified atom stereocenters. The summed E-state index contributed by atoms with van der Waals surface area (Å²) in [7, 11) is 0. The van der Waals surface area contributed by atoms with Gasteiger partial charge in [-0.15, -0.1) is 0 Å². The summed E-state index contributed by atoms with van der Waals surface area (Å²) < 4.78 is 7.71. The number of nitrogens with zero attached hydrogens (tertiary/aromatic N) is 3. The van der Waals surface area contributed by atoms with Crippen molar-refractivity contribution in [2.75, 3.05) is 18.4 Å². The Hall–Kier alpha value is -3.08. The van der Waals surface area contributed by atoms with Crippen LogP contribution in [0.25, 0.3) is 16.9 Å². The number of rotatable bonds is 7. The normalized spacial score (nSPS) is 10.9. The molecule has 3 heterocycles. The molecule has 0 radical (unpaired) electrons. The third-order valence-corrected chi connectivity index (χ3v) is 5.06. The highest BCUT2D eigenvalue weighted by Crippen LogP contribution is 2.30. The molecule has 0 spiro atoms. The van der Waals surface area contributed by atoms with Gasteiger partial charge in [0.2, 0.25) is 0 Å². The zero-order chi connectivity index (χ0) is 20.2. The molecule has 0 aliphatic heterocycles. The first-order valence-corrected chi connectivity index (χ1v) is 10.1. The summed E-state index contributed by atoms with van der Waals surface area (Å²) in [5.74, 6) is 0.996. The highest BCUT2D eigenvalue weighted by Gasteiger charge is 2.13. The van der Waals surface area contributed by atoms with E-state index in [1.807, 2.05) is 18.2 Å². The minimum absolute atomic E-state index is 0.172. The van der Waals surface area contributed by atoms with Gasteiger partial charge in [-0.2, -0.15) is 9.61 Å². The van der Waals surface area contributed by atoms with Crippen molar-refractivity contribution < 1.29 is 14.3 Å². The second-order valence-corrected chi connectivity index (χ2v) is 7.45. The van der Waals surface area contributed by atoms with Crippen LogP contribution in [0.5, 0.6) is 5.75 Å². The number of carbonyl (C=O) groups is 1. The average molecular weight is 503 g/mol. The van der Waals surface area contributed by atoms with Gasteiger partial charge in [0.05, 0.1) is 21.7 Å². The molecule has 0 bridgehead atoms. The van der Waals surface area contributed by atoms with Crippen LogP contribution in [-0.2, 0) is 0 Å². The Balaban J connectivity index is 1.47. The summed E-state index contributed by atoms with van der Waals surface area (Å²) in [6.45, 7) is 1.12. The monoisotopic (exact) mass is 503 g/mol. The molecule has 4 aromatic rings. The van der Waals surface area contributed by atoms with Crippen LogP contribution in [0.3, 0.4) is 0 Å². The first-order chi connectivity index (χ1) is 14.1. The van der Waals surface area contributed by atoms with Gasteiger partial charge < -0.3 is 20.2 Å². The first kappa shape index (κ1) is 19.2. The van der Waals surface area contributed by atoms with Gasteiger partial charge in [0.1, 0.15) is 11.6 Å². The number of furan rings is 1. The molecule has 1 aromatic carbocycles. The molecule has 0 saturated heterocycles. The topological polar surface area (TPSA) is 105 Å². The maximum Gasteiger partial charge on any atom is 0.286 e. The number of phenolic OH excluding ortho intramolecular Hbond substituents is 1. The molecule has 0 aliphatic carbocycles. The zero-order valence-electron chi connectivity index (χ0n) is 15.3. The molecule has 148 valence electrons. The second-order valence-electron chi connectivity index (χ2n) is 6.29. The van der Waals surface area contributed by atoms with Crippen LogP contribution in [0.15, 0.2) is 59.3 Å². The lowest BCUT2D eigenvalue weighted by Crippen LogP contribution is -2.25. The number of para-hydroxylation sites is 1. The molecule has 0 atom stereocenters. The van der Waals surface area contributed by atoms with Crippen molar-refractivity contribution in [1.82, 2.24) is 19.9 Å². The Kier molecular flexibility index (Phi) is 5.65. The molecule has 3 N–H and O–H groups in total. The largest absolute Gasteiger partial charge is 0.507 e. The number of aromatic hydroxyl groups is 1. The molecular weight excluding hydrogens is 485 g/mol. The summed E-state index contributed by atoms with van der Waals surface area (Å²) in [4.78, 5) is 16.5. The van der Waals surface area contributed by atoms with Crippen molar-refractivity contribution in [3.05, 3.63) is 64.3 Å². The van der Waals surface area contributed by atoms with Gasteiger partial charge in [0, 0.05) is 24.7 Å². The lowest BCUT2D eigenvalue weighted by Gasteiger charge is -2.12. The van der Waals surface area contributed by atoms with E-state index >= 15 is 0 Å². The lowest BCUT2D eigenvalue weighted by molar-refractivity contribution is 0.0926. The Bertz CT molecular complexity index is 1140. The Labute approximate surface area is 180 Å². The SMILES string of the molecule is O=C(NCCCNc1cc(-c2ccccc2O)nc2c(I)cnn12)c1ccco1. The van der Waals surface area contributed by atoms with Crippen LogP contribution in [0.1, 0.15) is 17.0 Å². The molecule has 0 saturated carbocycles. The van der Waals surface area contributed by atoms with Gasteiger partial charge in [-0.3, -0.25) is 4.79 Å². The third-order valence-electron chi connectivity index (χ3n) is 4.30. The summed E-state index contributed by atoms with van der Waals surface area (Å²) >= 11 is 2.19. The number of benzene rings is 1. The summed E-state index contributed by atoms with van der Waals surface area (Å²) in [5.41, 5.74) is 2.02. The van der Waals surface area contributed by atoms with E-state index in [4.69, 9.17) is 4.42 Å². The molecule has 0 fully saturated rings. The van der Waals surface area contributed by atoms with Crippen molar-refractivity contribution in [2.45, 2.75) is 6.42 Å². The zero-order valence-corrected chi connectivity index (χ0v) is 17.5. The Morgan fingerprint density at radius 3 is 2.86 bits per heavy atom. The maximum absolute atomic E-state index is 11.9. The number of nitrogens with one attached hydrogen (secondary N) is 2. The van der Waals surface area contributed by atoms with E-state index in [1.165, 1.54) is 6.26 Å². The standard InChI is InChI=1S/C20H18IN5O3/c21-14-12-24-26-18(22-8-4-9-23-20(28)17-7-3-10-29-17)11-15(25-19(14)26)13-5-1-2-6-16(13)27/h1-3,5-7,10-12,22,27H,4,8-9H2,(H,23,28). The number of hydrogen-bond acceptors (Lipinski definition) is 6. The number of hydrogen-bond donors (Lipinski definition) is 3. The summed E-state index contributed by atoms with van der Waals surface area (Å²) in [6, 6.07) is 12.3. The summed E-state index contributed by atoms with van der Waals surface area (Å²) in [6.07, 6.45) is 3.92. The van der Waals surface area contributed by atoms with E-state index in [2.05, 4.69) is 43.3 Å². The molecule has 3 aromatic heterocycles.